The van der Waals surface area contributed by atoms with E-state index in [-0.39, 0.29) is 5.82 Å². The number of halogens is 1. The average molecular weight is 302 g/mol. The number of aromatic amines is 1. The van der Waals surface area contributed by atoms with Crippen LogP contribution in [0.1, 0.15) is 5.56 Å². The largest absolute Gasteiger partial charge is 0.361 e. The highest BCUT2D eigenvalue weighted by Crippen LogP contribution is 2.32. The van der Waals surface area contributed by atoms with Crippen LogP contribution in [0.4, 0.5) is 4.39 Å². The van der Waals surface area contributed by atoms with E-state index in [0.717, 1.165) is 33.3 Å². The van der Waals surface area contributed by atoms with Crippen molar-refractivity contribution in [1.29, 1.82) is 0 Å². The van der Waals surface area contributed by atoms with Crippen molar-refractivity contribution in [3.05, 3.63) is 78.4 Å². The van der Waals surface area contributed by atoms with Crippen LogP contribution in [0.25, 0.3) is 33.3 Å². The van der Waals surface area contributed by atoms with Gasteiger partial charge >= 0.3 is 0 Å². The molecule has 0 saturated carbocycles. The summed E-state index contributed by atoms with van der Waals surface area (Å²) in [6.07, 6.45) is 3.70. The number of pyridine rings is 1. The van der Waals surface area contributed by atoms with Gasteiger partial charge in [0.1, 0.15) is 5.82 Å². The first kappa shape index (κ1) is 13.7. The van der Waals surface area contributed by atoms with Crippen molar-refractivity contribution < 1.29 is 4.39 Å². The molecule has 0 amide bonds. The molecule has 2 nitrogen and oxygen atoms in total. The molecule has 0 bridgehead atoms. The average Bonchev–Trinajstić information content (AvgIpc) is 3.05. The second-order valence-corrected chi connectivity index (χ2v) is 5.64. The minimum atomic E-state index is -0.194. The van der Waals surface area contributed by atoms with Crippen molar-refractivity contribution in [1.82, 2.24) is 9.97 Å². The smallest absolute Gasteiger partial charge is 0.126 e. The first-order chi connectivity index (χ1) is 11.2. The Bertz CT molecular complexity index is 1000. The summed E-state index contributed by atoms with van der Waals surface area (Å²) in [6, 6.07) is 17.4. The number of fused-ring (bicyclic) bond motifs is 1. The van der Waals surface area contributed by atoms with Crippen molar-refractivity contribution in [3.63, 3.8) is 0 Å². The number of nitrogens with zero attached hydrogens (tertiary/aromatic N) is 1. The van der Waals surface area contributed by atoms with Gasteiger partial charge in [-0.3, -0.25) is 4.98 Å². The summed E-state index contributed by atoms with van der Waals surface area (Å²) in [4.78, 5) is 7.73. The Kier molecular flexibility index (Phi) is 3.19. The molecule has 0 aliphatic rings. The second-order valence-electron chi connectivity index (χ2n) is 5.64. The van der Waals surface area contributed by atoms with Gasteiger partial charge in [-0.2, -0.15) is 0 Å². The number of hydrogen-bond acceptors (Lipinski definition) is 1. The van der Waals surface area contributed by atoms with E-state index in [1.165, 1.54) is 6.07 Å². The molecule has 0 radical (unpaired) electrons. The highest BCUT2D eigenvalue weighted by molar-refractivity contribution is 5.88. The molecule has 0 aliphatic heterocycles. The number of nitrogens with one attached hydrogen (secondary N) is 1. The molecular weight excluding hydrogens is 287 g/mol. The topological polar surface area (TPSA) is 28.7 Å². The molecule has 112 valence electrons. The molecule has 2 aromatic heterocycles. The molecule has 3 heteroatoms. The number of rotatable bonds is 2. The lowest BCUT2D eigenvalue weighted by Crippen LogP contribution is -1.91. The van der Waals surface area contributed by atoms with Gasteiger partial charge < -0.3 is 4.98 Å². The minimum absolute atomic E-state index is 0.194. The van der Waals surface area contributed by atoms with E-state index in [0.29, 0.717) is 5.56 Å². The van der Waals surface area contributed by atoms with E-state index in [1.54, 1.807) is 19.2 Å². The molecule has 0 saturated heterocycles. The molecule has 2 aromatic carbocycles. The zero-order valence-electron chi connectivity index (χ0n) is 12.7. The Hall–Kier alpha value is -2.94. The van der Waals surface area contributed by atoms with Gasteiger partial charge in [-0.1, -0.05) is 12.1 Å². The van der Waals surface area contributed by atoms with Crippen LogP contribution in [0.15, 0.2) is 67.0 Å². The lowest BCUT2D eigenvalue weighted by molar-refractivity contribution is 0.619. The summed E-state index contributed by atoms with van der Waals surface area (Å²) >= 11 is 0. The van der Waals surface area contributed by atoms with Crippen LogP contribution in [-0.2, 0) is 0 Å². The summed E-state index contributed by atoms with van der Waals surface area (Å²) in [5.74, 6) is -0.194. The van der Waals surface area contributed by atoms with Crippen LogP contribution in [0.2, 0.25) is 0 Å². The molecular formula is C20H15FN2. The molecule has 1 N–H and O–H groups in total. The third-order valence-electron chi connectivity index (χ3n) is 4.10. The van der Waals surface area contributed by atoms with Gasteiger partial charge in [-0.25, -0.2) is 4.39 Å². The molecule has 23 heavy (non-hydrogen) atoms. The standard InChI is InChI=1S/C20H15FN2/c1-13-11-16(4-6-18(13)21)20-17(3-2-9-23-20)14-5-7-19-15(12-14)8-10-22-19/h2-12,22H,1H3. The zero-order chi connectivity index (χ0) is 15.8. The number of aromatic nitrogens is 2. The zero-order valence-corrected chi connectivity index (χ0v) is 12.7. The number of benzene rings is 2. The molecule has 2 heterocycles. The van der Waals surface area contributed by atoms with Crippen LogP contribution in [0.5, 0.6) is 0 Å². The minimum Gasteiger partial charge on any atom is -0.361 e. The van der Waals surface area contributed by atoms with Gasteiger partial charge in [0.15, 0.2) is 0 Å². The summed E-state index contributed by atoms with van der Waals surface area (Å²) in [7, 11) is 0. The van der Waals surface area contributed by atoms with E-state index in [4.69, 9.17) is 0 Å². The Morgan fingerprint density at radius 3 is 2.70 bits per heavy atom. The van der Waals surface area contributed by atoms with Crippen LogP contribution in [-0.4, -0.2) is 9.97 Å². The number of H-pyrrole nitrogens is 1. The fourth-order valence-electron chi connectivity index (χ4n) is 2.88. The highest BCUT2D eigenvalue weighted by Gasteiger charge is 2.10. The Balaban J connectivity index is 1.90. The van der Waals surface area contributed by atoms with Gasteiger partial charge in [-0.05, 0) is 65.9 Å². The second kappa shape index (κ2) is 5.36. The van der Waals surface area contributed by atoms with E-state index in [1.807, 2.05) is 18.3 Å². The fraction of sp³-hybridized carbons (Fsp3) is 0.0500. The van der Waals surface area contributed by atoms with Gasteiger partial charge in [0.05, 0.1) is 5.69 Å². The summed E-state index contributed by atoms with van der Waals surface area (Å²) in [5, 5.41) is 1.16. The van der Waals surface area contributed by atoms with Crippen LogP contribution in [0.3, 0.4) is 0 Å². The van der Waals surface area contributed by atoms with E-state index < -0.39 is 0 Å². The monoisotopic (exact) mass is 302 g/mol. The predicted octanol–water partition coefficient (Wildman–Crippen LogP) is 5.34. The maximum Gasteiger partial charge on any atom is 0.126 e. The Morgan fingerprint density at radius 2 is 1.83 bits per heavy atom. The summed E-state index contributed by atoms with van der Waals surface area (Å²) < 4.78 is 13.6. The quantitative estimate of drug-likeness (QED) is 0.531. The maximum absolute atomic E-state index is 13.6. The van der Waals surface area contributed by atoms with Crippen LogP contribution in [0, 0.1) is 12.7 Å². The van der Waals surface area contributed by atoms with Crippen molar-refractivity contribution in [2.24, 2.45) is 0 Å². The van der Waals surface area contributed by atoms with Crippen molar-refractivity contribution in [2.75, 3.05) is 0 Å². The van der Waals surface area contributed by atoms with E-state index in [9.17, 15) is 4.39 Å². The van der Waals surface area contributed by atoms with Crippen LogP contribution < -0.4 is 0 Å². The molecule has 4 aromatic rings. The molecule has 0 spiro atoms. The van der Waals surface area contributed by atoms with Crippen molar-refractivity contribution in [3.8, 4) is 22.4 Å². The first-order valence-corrected chi connectivity index (χ1v) is 7.51. The normalized spacial score (nSPS) is 11.0. The lowest BCUT2D eigenvalue weighted by atomic mass is 9.97. The Morgan fingerprint density at radius 1 is 0.957 bits per heavy atom. The van der Waals surface area contributed by atoms with E-state index in [2.05, 4.69) is 40.3 Å². The first-order valence-electron chi connectivity index (χ1n) is 7.51. The molecule has 0 fully saturated rings. The van der Waals surface area contributed by atoms with Crippen LogP contribution >= 0.6 is 0 Å². The number of aryl methyl sites for hydroxylation is 1. The highest BCUT2D eigenvalue weighted by atomic mass is 19.1. The maximum atomic E-state index is 13.6. The predicted molar refractivity (Wildman–Crippen MR) is 91.7 cm³/mol. The van der Waals surface area contributed by atoms with Crippen molar-refractivity contribution in [2.45, 2.75) is 6.92 Å². The Labute approximate surface area is 133 Å². The molecule has 0 unspecified atom stereocenters. The summed E-state index contributed by atoms with van der Waals surface area (Å²) in [5.41, 5.74) is 5.67. The van der Waals surface area contributed by atoms with Crippen molar-refractivity contribution >= 4 is 10.9 Å². The fourth-order valence-corrected chi connectivity index (χ4v) is 2.88. The van der Waals surface area contributed by atoms with Gasteiger partial charge in [-0.15, -0.1) is 0 Å². The molecule has 0 atom stereocenters. The third-order valence-corrected chi connectivity index (χ3v) is 4.10. The van der Waals surface area contributed by atoms with Gasteiger partial charge in [0.2, 0.25) is 0 Å². The van der Waals surface area contributed by atoms with Gasteiger partial charge in [0, 0.05) is 29.0 Å². The van der Waals surface area contributed by atoms with E-state index >= 15 is 0 Å². The number of hydrogen-bond donors (Lipinski definition) is 1. The SMILES string of the molecule is Cc1cc(-c2ncccc2-c2ccc3[nH]ccc3c2)ccc1F. The lowest BCUT2D eigenvalue weighted by Gasteiger charge is -2.10. The molecule has 4 rings (SSSR count). The third kappa shape index (κ3) is 2.40. The summed E-state index contributed by atoms with van der Waals surface area (Å²) in [6.45, 7) is 1.77. The van der Waals surface area contributed by atoms with Gasteiger partial charge in [0.25, 0.3) is 0 Å². The molecule has 0 aliphatic carbocycles.